The molecule has 6 nitrogen and oxygen atoms in total. The Balaban J connectivity index is 1.44. The van der Waals surface area contributed by atoms with Crippen molar-refractivity contribution in [2.24, 2.45) is 0 Å². The van der Waals surface area contributed by atoms with Crippen molar-refractivity contribution < 1.29 is 4.79 Å². The summed E-state index contributed by atoms with van der Waals surface area (Å²) in [5, 5.41) is 11.5. The van der Waals surface area contributed by atoms with Gasteiger partial charge in [-0.05, 0) is 56.3 Å². The Hall–Kier alpha value is -2.93. The minimum atomic E-state index is 0.0616. The highest BCUT2D eigenvalue weighted by molar-refractivity contribution is 7.10. The van der Waals surface area contributed by atoms with Gasteiger partial charge in [-0.3, -0.25) is 4.79 Å². The molecule has 3 aromatic rings. The summed E-state index contributed by atoms with van der Waals surface area (Å²) in [5.74, 6) is 1.34. The van der Waals surface area contributed by atoms with Crippen molar-refractivity contribution in [3.05, 3.63) is 63.5 Å². The first-order valence-electron chi connectivity index (χ1n) is 9.72. The van der Waals surface area contributed by atoms with E-state index in [1.165, 1.54) is 16.0 Å². The number of thiophene rings is 1. The van der Waals surface area contributed by atoms with Crippen molar-refractivity contribution in [3.63, 3.8) is 0 Å². The number of aromatic nitrogens is 2. The number of nitrogens with zero attached hydrogens (tertiary/aromatic N) is 2. The Kier molecular flexibility index (Phi) is 7.19. The molecule has 0 aliphatic heterocycles. The van der Waals surface area contributed by atoms with E-state index in [9.17, 15) is 4.79 Å². The molecule has 0 spiro atoms. The number of hydrogen-bond donors (Lipinski definition) is 3. The molecule has 0 atom stereocenters. The van der Waals surface area contributed by atoms with Crippen molar-refractivity contribution in [1.82, 2.24) is 15.3 Å². The molecule has 1 amide bonds. The maximum atomic E-state index is 12.0. The van der Waals surface area contributed by atoms with Gasteiger partial charge in [-0.1, -0.05) is 17.7 Å². The van der Waals surface area contributed by atoms with Crippen molar-refractivity contribution in [3.8, 4) is 0 Å². The van der Waals surface area contributed by atoms with Crippen molar-refractivity contribution in [2.75, 3.05) is 23.7 Å². The van der Waals surface area contributed by atoms with E-state index >= 15 is 0 Å². The fraction of sp³-hybridized carbons (Fsp3) is 0.318. The third-order valence-electron chi connectivity index (χ3n) is 4.46. The lowest BCUT2D eigenvalue weighted by molar-refractivity contribution is -0.120. The Bertz CT molecular complexity index is 952. The Morgan fingerprint density at radius 2 is 1.83 bits per heavy atom. The Morgan fingerprint density at radius 1 is 1.03 bits per heavy atom. The van der Waals surface area contributed by atoms with Crippen LogP contribution in [-0.4, -0.2) is 29.0 Å². The van der Waals surface area contributed by atoms with Gasteiger partial charge in [0.1, 0.15) is 5.82 Å². The molecule has 0 radical (unpaired) electrons. The molecule has 0 aliphatic rings. The summed E-state index contributed by atoms with van der Waals surface area (Å²) in [7, 11) is 0. The highest BCUT2D eigenvalue weighted by atomic mass is 32.1. The fourth-order valence-electron chi connectivity index (χ4n) is 2.85. The maximum absolute atomic E-state index is 12.0. The molecule has 0 saturated heterocycles. The number of hydrogen-bond acceptors (Lipinski definition) is 6. The third kappa shape index (κ3) is 6.57. The summed E-state index contributed by atoms with van der Waals surface area (Å²) in [6.45, 7) is 7.17. The van der Waals surface area contributed by atoms with Crippen molar-refractivity contribution >= 4 is 34.7 Å². The Labute approximate surface area is 175 Å². The van der Waals surface area contributed by atoms with Crippen LogP contribution in [0.3, 0.4) is 0 Å². The Morgan fingerprint density at radius 3 is 2.55 bits per heavy atom. The molecular formula is C22H27N5OS. The third-order valence-corrected chi connectivity index (χ3v) is 5.54. The quantitative estimate of drug-likeness (QED) is 0.458. The predicted molar refractivity (Wildman–Crippen MR) is 120 cm³/mol. The normalized spacial score (nSPS) is 10.6. The van der Waals surface area contributed by atoms with Crippen LogP contribution in [0.15, 0.2) is 41.8 Å². The summed E-state index contributed by atoms with van der Waals surface area (Å²) in [5.41, 5.74) is 4.32. The molecule has 1 aromatic carbocycles. The second-order valence-electron chi connectivity index (χ2n) is 7.01. The first-order chi connectivity index (χ1) is 14.0. The highest BCUT2D eigenvalue weighted by Gasteiger charge is 2.06. The van der Waals surface area contributed by atoms with E-state index in [-0.39, 0.29) is 5.91 Å². The molecule has 2 aromatic heterocycles. The molecular weight excluding hydrogens is 382 g/mol. The van der Waals surface area contributed by atoms with Gasteiger partial charge in [0.2, 0.25) is 11.9 Å². The van der Waals surface area contributed by atoms with Crippen molar-refractivity contribution in [2.45, 2.75) is 33.6 Å². The van der Waals surface area contributed by atoms with E-state index in [0.29, 0.717) is 25.5 Å². The van der Waals surface area contributed by atoms with E-state index in [0.717, 1.165) is 23.6 Å². The van der Waals surface area contributed by atoms with Gasteiger partial charge in [0, 0.05) is 41.8 Å². The molecule has 3 rings (SSSR count). The average Bonchev–Trinajstić information content (AvgIpc) is 3.10. The smallest absolute Gasteiger partial charge is 0.224 e. The second-order valence-corrected chi connectivity index (χ2v) is 8.01. The molecule has 0 bridgehead atoms. The van der Waals surface area contributed by atoms with Gasteiger partial charge in [0.15, 0.2) is 0 Å². The second kappa shape index (κ2) is 10.0. The van der Waals surface area contributed by atoms with Crippen LogP contribution in [-0.2, 0) is 11.2 Å². The number of amides is 1. The molecule has 29 heavy (non-hydrogen) atoms. The molecule has 2 heterocycles. The van der Waals surface area contributed by atoms with Crippen LogP contribution in [0.5, 0.6) is 0 Å². The molecule has 0 fully saturated rings. The molecule has 0 saturated carbocycles. The van der Waals surface area contributed by atoms with E-state index in [1.54, 1.807) is 11.3 Å². The lowest BCUT2D eigenvalue weighted by Crippen LogP contribution is -2.29. The highest BCUT2D eigenvalue weighted by Crippen LogP contribution is 2.18. The van der Waals surface area contributed by atoms with Gasteiger partial charge >= 0.3 is 0 Å². The first kappa shape index (κ1) is 20.8. The van der Waals surface area contributed by atoms with E-state index in [4.69, 9.17) is 0 Å². The number of carbonyl (C=O) groups excluding carboxylic acids is 1. The van der Waals surface area contributed by atoms with Crippen LogP contribution in [0.4, 0.5) is 17.5 Å². The summed E-state index contributed by atoms with van der Waals surface area (Å²) in [4.78, 5) is 22.2. The standard InChI is InChI=1S/C22H27N5OS/c1-15-4-6-18(7-5-15)26-20-14-17(3)25-22(27-20)24-12-11-23-21(28)9-8-19-16(2)10-13-29-19/h4-7,10,13-14H,8-9,11-12H2,1-3H3,(H,23,28)(H2,24,25,26,27). The first-order valence-corrected chi connectivity index (χ1v) is 10.6. The molecule has 0 unspecified atom stereocenters. The number of rotatable bonds is 9. The van der Waals surface area contributed by atoms with E-state index < -0.39 is 0 Å². The molecule has 3 N–H and O–H groups in total. The number of anilines is 3. The van der Waals surface area contributed by atoms with Crippen LogP contribution < -0.4 is 16.0 Å². The van der Waals surface area contributed by atoms with Gasteiger partial charge in [-0.2, -0.15) is 4.98 Å². The SMILES string of the molecule is Cc1ccc(Nc2cc(C)nc(NCCNC(=O)CCc3sccc3C)n2)cc1. The number of nitrogens with one attached hydrogen (secondary N) is 3. The molecule has 152 valence electrons. The monoisotopic (exact) mass is 409 g/mol. The topological polar surface area (TPSA) is 78.9 Å². The van der Waals surface area contributed by atoms with Crippen LogP contribution in [0, 0.1) is 20.8 Å². The van der Waals surface area contributed by atoms with Gasteiger partial charge in [0.05, 0.1) is 0 Å². The summed E-state index contributed by atoms with van der Waals surface area (Å²) < 4.78 is 0. The van der Waals surface area contributed by atoms with Crippen LogP contribution in [0.25, 0.3) is 0 Å². The van der Waals surface area contributed by atoms with E-state index in [1.807, 2.05) is 25.1 Å². The summed E-state index contributed by atoms with van der Waals surface area (Å²) >= 11 is 1.71. The van der Waals surface area contributed by atoms with Crippen LogP contribution in [0.1, 0.15) is 28.1 Å². The van der Waals surface area contributed by atoms with Crippen molar-refractivity contribution in [1.29, 1.82) is 0 Å². The van der Waals surface area contributed by atoms with Gasteiger partial charge < -0.3 is 16.0 Å². The fourth-order valence-corrected chi connectivity index (χ4v) is 3.76. The van der Waals surface area contributed by atoms with Crippen LogP contribution in [0.2, 0.25) is 0 Å². The summed E-state index contributed by atoms with van der Waals surface area (Å²) in [6, 6.07) is 12.1. The maximum Gasteiger partial charge on any atom is 0.224 e. The minimum absolute atomic E-state index is 0.0616. The molecule has 0 aliphatic carbocycles. The lowest BCUT2D eigenvalue weighted by Gasteiger charge is -2.11. The lowest BCUT2D eigenvalue weighted by atomic mass is 10.2. The number of aryl methyl sites for hydroxylation is 4. The predicted octanol–water partition coefficient (Wildman–Crippen LogP) is 4.37. The largest absolute Gasteiger partial charge is 0.354 e. The summed E-state index contributed by atoms with van der Waals surface area (Å²) in [6.07, 6.45) is 1.30. The minimum Gasteiger partial charge on any atom is -0.354 e. The average molecular weight is 410 g/mol. The van der Waals surface area contributed by atoms with Gasteiger partial charge in [-0.25, -0.2) is 4.98 Å². The van der Waals surface area contributed by atoms with Gasteiger partial charge in [-0.15, -0.1) is 11.3 Å². The zero-order chi connectivity index (χ0) is 20.6. The number of benzene rings is 1. The zero-order valence-corrected chi connectivity index (χ0v) is 17.9. The van der Waals surface area contributed by atoms with Gasteiger partial charge in [0.25, 0.3) is 0 Å². The van der Waals surface area contributed by atoms with E-state index in [2.05, 4.69) is 63.3 Å². The zero-order valence-electron chi connectivity index (χ0n) is 17.1. The number of carbonyl (C=O) groups is 1. The van der Waals surface area contributed by atoms with Crippen LogP contribution >= 0.6 is 11.3 Å². The molecule has 7 heteroatoms.